The first kappa shape index (κ1) is 18.0. The van der Waals surface area contributed by atoms with E-state index < -0.39 is 5.25 Å². The van der Waals surface area contributed by atoms with Crippen molar-refractivity contribution in [3.63, 3.8) is 0 Å². The van der Waals surface area contributed by atoms with Gasteiger partial charge in [-0.25, -0.2) is 0 Å². The van der Waals surface area contributed by atoms with Gasteiger partial charge in [-0.1, -0.05) is 35.5 Å². The molecule has 0 saturated heterocycles. The van der Waals surface area contributed by atoms with Crippen LogP contribution in [-0.4, -0.2) is 21.4 Å². The molecule has 2 aromatic carbocycles. The maximum absolute atomic E-state index is 12.3. The third-order valence-electron chi connectivity index (χ3n) is 3.38. The number of anilines is 1. The molecule has 3 rings (SSSR count). The minimum Gasteiger partial charge on any atom is -0.411 e. The number of hydrogen-bond donors (Lipinski definition) is 1. The van der Waals surface area contributed by atoms with Crippen molar-refractivity contribution in [3.8, 4) is 17.5 Å². The van der Waals surface area contributed by atoms with Crippen LogP contribution < -0.4 is 5.32 Å². The summed E-state index contributed by atoms with van der Waals surface area (Å²) in [5, 5.41) is 20.0. The molecule has 3 aromatic rings. The number of nitriles is 1. The van der Waals surface area contributed by atoms with Crippen LogP contribution in [-0.2, 0) is 4.79 Å². The molecule has 1 aromatic heterocycles. The van der Waals surface area contributed by atoms with Gasteiger partial charge in [-0.2, -0.15) is 5.26 Å². The summed E-state index contributed by atoms with van der Waals surface area (Å²) in [6, 6.07) is 15.8. The molecule has 0 spiro atoms. The number of aromatic nitrogens is 2. The lowest BCUT2D eigenvalue weighted by molar-refractivity contribution is -0.115. The molecule has 0 aliphatic heterocycles. The Labute approximate surface area is 159 Å². The quantitative estimate of drug-likeness (QED) is 0.656. The van der Waals surface area contributed by atoms with Crippen LogP contribution in [0.1, 0.15) is 12.5 Å². The van der Waals surface area contributed by atoms with Gasteiger partial charge in [0.15, 0.2) is 0 Å². The van der Waals surface area contributed by atoms with Gasteiger partial charge < -0.3 is 9.73 Å². The van der Waals surface area contributed by atoms with Gasteiger partial charge in [-0.15, -0.1) is 10.2 Å². The molecule has 0 aliphatic rings. The van der Waals surface area contributed by atoms with Crippen molar-refractivity contribution < 1.29 is 9.21 Å². The zero-order valence-corrected chi connectivity index (χ0v) is 15.2. The Hall–Kier alpha value is -2.82. The Morgan fingerprint density at radius 3 is 2.85 bits per heavy atom. The first-order chi connectivity index (χ1) is 12.5. The molecule has 1 amide bonds. The molecular weight excluding hydrogens is 372 g/mol. The Morgan fingerprint density at radius 1 is 1.27 bits per heavy atom. The summed E-state index contributed by atoms with van der Waals surface area (Å²) in [5.74, 6) is 0.108. The molecule has 0 aliphatic carbocycles. The first-order valence-electron chi connectivity index (χ1n) is 7.62. The normalized spacial score (nSPS) is 11.6. The largest absolute Gasteiger partial charge is 0.411 e. The average Bonchev–Trinajstić information content (AvgIpc) is 3.10. The van der Waals surface area contributed by atoms with Crippen molar-refractivity contribution in [1.82, 2.24) is 10.2 Å². The Balaban J connectivity index is 1.65. The SMILES string of the molecule is C[C@@H](Sc1nnc(-c2cccc(Cl)c2)o1)C(=O)Nc1cccc(C#N)c1. The summed E-state index contributed by atoms with van der Waals surface area (Å²) in [6.45, 7) is 1.73. The second kappa shape index (κ2) is 8.04. The fourth-order valence-electron chi connectivity index (χ4n) is 2.11. The summed E-state index contributed by atoms with van der Waals surface area (Å²) in [6.07, 6.45) is 0. The molecule has 6 nitrogen and oxygen atoms in total. The van der Waals surface area contributed by atoms with Crippen LogP contribution in [0.4, 0.5) is 5.69 Å². The van der Waals surface area contributed by atoms with E-state index in [4.69, 9.17) is 21.3 Å². The fourth-order valence-corrected chi connectivity index (χ4v) is 2.98. The van der Waals surface area contributed by atoms with Crippen molar-refractivity contribution in [2.45, 2.75) is 17.4 Å². The minimum absolute atomic E-state index is 0.229. The topological polar surface area (TPSA) is 91.8 Å². The van der Waals surface area contributed by atoms with Gasteiger partial charge in [-0.3, -0.25) is 4.79 Å². The van der Waals surface area contributed by atoms with E-state index in [1.165, 1.54) is 0 Å². The highest BCUT2D eigenvalue weighted by molar-refractivity contribution is 8.00. The van der Waals surface area contributed by atoms with Crippen LogP contribution in [0, 0.1) is 11.3 Å². The van der Waals surface area contributed by atoms with E-state index >= 15 is 0 Å². The number of carbonyl (C=O) groups excluding carboxylic acids is 1. The van der Waals surface area contributed by atoms with Crippen molar-refractivity contribution in [2.75, 3.05) is 5.32 Å². The zero-order valence-electron chi connectivity index (χ0n) is 13.6. The Kier molecular flexibility index (Phi) is 5.56. The van der Waals surface area contributed by atoms with Crippen molar-refractivity contribution in [1.29, 1.82) is 5.26 Å². The molecule has 0 fully saturated rings. The molecule has 0 saturated carbocycles. The highest BCUT2D eigenvalue weighted by atomic mass is 35.5. The van der Waals surface area contributed by atoms with Crippen LogP contribution >= 0.6 is 23.4 Å². The molecule has 1 atom stereocenters. The molecule has 8 heteroatoms. The molecule has 1 N–H and O–H groups in total. The van der Waals surface area contributed by atoms with E-state index in [0.29, 0.717) is 27.7 Å². The van der Waals surface area contributed by atoms with Crippen LogP contribution in [0.25, 0.3) is 11.5 Å². The highest BCUT2D eigenvalue weighted by Gasteiger charge is 2.19. The van der Waals surface area contributed by atoms with Gasteiger partial charge in [0.05, 0.1) is 16.9 Å². The third-order valence-corrected chi connectivity index (χ3v) is 4.55. The van der Waals surface area contributed by atoms with E-state index in [9.17, 15) is 4.79 Å². The van der Waals surface area contributed by atoms with Crippen molar-refractivity contribution >= 4 is 35.0 Å². The second-order valence-electron chi connectivity index (χ2n) is 5.33. The van der Waals surface area contributed by atoms with Gasteiger partial charge in [0, 0.05) is 16.3 Å². The molecule has 0 radical (unpaired) electrons. The molecular formula is C18H13ClN4O2S. The number of nitrogens with one attached hydrogen (secondary N) is 1. The predicted molar refractivity (Wildman–Crippen MR) is 99.8 cm³/mol. The van der Waals surface area contributed by atoms with E-state index in [-0.39, 0.29) is 11.1 Å². The number of carbonyl (C=O) groups is 1. The summed E-state index contributed by atoms with van der Waals surface area (Å²) < 4.78 is 5.59. The Bertz CT molecular complexity index is 983. The maximum atomic E-state index is 12.3. The van der Waals surface area contributed by atoms with Gasteiger partial charge >= 0.3 is 0 Å². The number of benzene rings is 2. The molecule has 0 bridgehead atoms. The molecule has 26 heavy (non-hydrogen) atoms. The Morgan fingerprint density at radius 2 is 2.08 bits per heavy atom. The van der Waals surface area contributed by atoms with Crippen LogP contribution in [0.15, 0.2) is 58.2 Å². The number of thioether (sulfide) groups is 1. The van der Waals surface area contributed by atoms with Gasteiger partial charge in [0.2, 0.25) is 11.8 Å². The van der Waals surface area contributed by atoms with Crippen LogP contribution in [0.2, 0.25) is 5.02 Å². The summed E-state index contributed by atoms with van der Waals surface area (Å²) in [4.78, 5) is 12.3. The van der Waals surface area contributed by atoms with Crippen molar-refractivity contribution in [3.05, 3.63) is 59.1 Å². The second-order valence-corrected chi connectivity index (χ2v) is 7.05. The monoisotopic (exact) mass is 384 g/mol. The lowest BCUT2D eigenvalue weighted by Gasteiger charge is -2.09. The van der Waals surface area contributed by atoms with E-state index in [1.807, 2.05) is 12.1 Å². The van der Waals surface area contributed by atoms with Gasteiger partial charge in [0.25, 0.3) is 5.22 Å². The third kappa shape index (κ3) is 4.42. The summed E-state index contributed by atoms with van der Waals surface area (Å²) in [7, 11) is 0. The molecule has 130 valence electrons. The van der Waals surface area contributed by atoms with E-state index in [1.54, 1.807) is 49.4 Å². The average molecular weight is 385 g/mol. The van der Waals surface area contributed by atoms with Crippen LogP contribution in [0.5, 0.6) is 0 Å². The van der Waals surface area contributed by atoms with Gasteiger partial charge in [-0.05, 0) is 43.3 Å². The lowest BCUT2D eigenvalue weighted by Crippen LogP contribution is -2.22. The summed E-state index contributed by atoms with van der Waals surface area (Å²) >= 11 is 7.11. The molecule has 1 heterocycles. The predicted octanol–water partition coefficient (Wildman–Crippen LogP) is 4.38. The number of rotatable bonds is 5. The fraction of sp³-hybridized carbons (Fsp3) is 0.111. The number of nitrogens with zero attached hydrogens (tertiary/aromatic N) is 3. The number of hydrogen-bond acceptors (Lipinski definition) is 6. The standard InChI is InChI=1S/C18H13ClN4O2S/c1-11(16(24)21-15-7-2-4-12(8-15)10-20)26-18-23-22-17(25-18)13-5-3-6-14(19)9-13/h2-9,11H,1H3,(H,21,24)/t11-/m1/s1. The van der Waals surface area contributed by atoms with Crippen molar-refractivity contribution in [2.24, 2.45) is 0 Å². The highest BCUT2D eigenvalue weighted by Crippen LogP contribution is 2.27. The molecule has 0 unspecified atom stereocenters. The van der Waals surface area contributed by atoms with E-state index in [0.717, 1.165) is 11.8 Å². The lowest BCUT2D eigenvalue weighted by atomic mass is 10.2. The minimum atomic E-state index is -0.464. The van der Waals surface area contributed by atoms with Gasteiger partial charge in [0.1, 0.15) is 0 Å². The van der Waals surface area contributed by atoms with E-state index in [2.05, 4.69) is 15.5 Å². The first-order valence-corrected chi connectivity index (χ1v) is 8.88. The number of halogens is 1. The smallest absolute Gasteiger partial charge is 0.277 e. The summed E-state index contributed by atoms with van der Waals surface area (Å²) in [5.41, 5.74) is 1.75. The zero-order chi connectivity index (χ0) is 18.5. The van der Waals surface area contributed by atoms with Crippen LogP contribution in [0.3, 0.4) is 0 Å². The number of amides is 1. The maximum Gasteiger partial charge on any atom is 0.277 e.